The van der Waals surface area contributed by atoms with Gasteiger partial charge in [-0.25, -0.2) is 4.39 Å². The van der Waals surface area contributed by atoms with Gasteiger partial charge in [0.25, 0.3) is 0 Å². The normalized spacial score (nSPS) is 20.4. The molecule has 0 saturated carbocycles. The van der Waals surface area contributed by atoms with Crippen molar-refractivity contribution in [3.63, 3.8) is 0 Å². The monoisotopic (exact) mass is 340 g/mol. The molecule has 2 aromatic rings. The van der Waals surface area contributed by atoms with Gasteiger partial charge in [0.1, 0.15) is 5.82 Å². The molecule has 4 nitrogen and oxygen atoms in total. The number of likely N-dealkylation sites (tertiary alicyclic amines) is 1. The highest BCUT2D eigenvalue weighted by Gasteiger charge is 2.40. The van der Waals surface area contributed by atoms with Gasteiger partial charge >= 0.3 is 0 Å². The number of carbonyl (C=O) groups is 2. The van der Waals surface area contributed by atoms with E-state index in [0.717, 1.165) is 5.56 Å². The van der Waals surface area contributed by atoms with Crippen LogP contribution in [-0.4, -0.2) is 23.8 Å². The molecule has 0 aromatic heterocycles. The molecular formula is C20H21FN2O2. The number of aryl methyl sites for hydroxylation is 1. The van der Waals surface area contributed by atoms with Crippen molar-refractivity contribution in [2.45, 2.75) is 25.8 Å². The van der Waals surface area contributed by atoms with Crippen molar-refractivity contribution in [1.82, 2.24) is 4.90 Å². The van der Waals surface area contributed by atoms with Crippen LogP contribution in [0.4, 0.5) is 10.1 Å². The van der Waals surface area contributed by atoms with E-state index < -0.39 is 17.8 Å². The Kier molecular flexibility index (Phi) is 4.83. The fraction of sp³-hybridized carbons (Fsp3) is 0.300. The molecule has 130 valence electrons. The summed E-state index contributed by atoms with van der Waals surface area (Å²) in [5.41, 5.74) is 2.18. The number of hydrogen-bond acceptors (Lipinski definition) is 2. The minimum absolute atomic E-state index is 0.0763. The van der Waals surface area contributed by atoms with Gasteiger partial charge in [0.15, 0.2) is 0 Å². The van der Waals surface area contributed by atoms with Crippen LogP contribution in [0.15, 0.2) is 48.5 Å². The number of benzene rings is 2. The lowest BCUT2D eigenvalue weighted by atomic mass is 9.83. The second kappa shape index (κ2) is 7.05. The second-order valence-corrected chi connectivity index (χ2v) is 6.47. The van der Waals surface area contributed by atoms with Gasteiger partial charge in [-0.15, -0.1) is 0 Å². The maximum absolute atomic E-state index is 14.3. The molecule has 1 N–H and O–H groups in total. The van der Waals surface area contributed by atoms with Crippen LogP contribution in [-0.2, 0) is 9.59 Å². The molecular weight excluding hydrogens is 319 g/mol. The van der Waals surface area contributed by atoms with Crippen molar-refractivity contribution < 1.29 is 14.0 Å². The molecule has 0 radical (unpaired) electrons. The Hall–Kier alpha value is -2.69. The first-order valence-electron chi connectivity index (χ1n) is 8.35. The minimum Gasteiger partial charge on any atom is -0.338 e. The standard InChI is InChI=1S/C20H21FN2O2/c1-13-7-9-14(10-8-13)22-20(25)16-11-12-18(24)23(2)19(16)15-5-3-4-6-17(15)21/h3-10,16,19H,11-12H2,1-2H3,(H,22,25)/t16-,19+/m1/s1. The lowest BCUT2D eigenvalue weighted by Gasteiger charge is -2.38. The summed E-state index contributed by atoms with van der Waals surface area (Å²) < 4.78 is 14.3. The number of amides is 2. The maximum atomic E-state index is 14.3. The molecule has 5 heteroatoms. The zero-order valence-corrected chi connectivity index (χ0v) is 14.3. The zero-order valence-electron chi connectivity index (χ0n) is 14.3. The molecule has 0 spiro atoms. The smallest absolute Gasteiger partial charge is 0.229 e. The van der Waals surface area contributed by atoms with Crippen LogP contribution in [0.3, 0.4) is 0 Å². The van der Waals surface area contributed by atoms with Gasteiger partial charge in [-0.3, -0.25) is 9.59 Å². The Morgan fingerprint density at radius 3 is 2.52 bits per heavy atom. The number of rotatable bonds is 3. The van der Waals surface area contributed by atoms with E-state index in [9.17, 15) is 14.0 Å². The third-order valence-corrected chi connectivity index (χ3v) is 4.74. The number of nitrogens with zero attached hydrogens (tertiary/aromatic N) is 1. The van der Waals surface area contributed by atoms with Crippen molar-refractivity contribution in [3.05, 3.63) is 65.5 Å². The first-order chi connectivity index (χ1) is 12.0. The first-order valence-corrected chi connectivity index (χ1v) is 8.35. The maximum Gasteiger partial charge on any atom is 0.229 e. The molecule has 2 atom stereocenters. The topological polar surface area (TPSA) is 49.4 Å². The number of halogens is 1. The van der Waals surface area contributed by atoms with Crippen molar-refractivity contribution in [1.29, 1.82) is 0 Å². The highest BCUT2D eigenvalue weighted by atomic mass is 19.1. The van der Waals surface area contributed by atoms with E-state index in [-0.39, 0.29) is 18.2 Å². The summed E-state index contributed by atoms with van der Waals surface area (Å²) in [7, 11) is 1.63. The van der Waals surface area contributed by atoms with E-state index in [2.05, 4.69) is 5.32 Å². The van der Waals surface area contributed by atoms with Crippen molar-refractivity contribution in [2.24, 2.45) is 5.92 Å². The lowest BCUT2D eigenvalue weighted by molar-refractivity contribution is -0.140. The number of hydrogen-bond donors (Lipinski definition) is 1. The van der Waals surface area contributed by atoms with Crippen LogP contribution in [0.5, 0.6) is 0 Å². The summed E-state index contributed by atoms with van der Waals surface area (Å²) in [5.74, 6) is -1.17. The van der Waals surface area contributed by atoms with Gasteiger partial charge in [0.2, 0.25) is 11.8 Å². The molecule has 0 aliphatic carbocycles. The molecule has 0 bridgehead atoms. The Balaban J connectivity index is 1.89. The second-order valence-electron chi connectivity index (χ2n) is 6.47. The lowest BCUT2D eigenvalue weighted by Crippen LogP contribution is -2.44. The van der Waals surface area contributed by atoms with E-state index in [1.807, 2.05) is 31.2 Å². The number of anilines is 1. The summed E-state index contributed by atoms with van der Waals surface area (Å²) in [6, 6.07) is 13.2. The SMILES string of the molecule is Cc1ccc(NC(=O)[C@@H]2CCC(=O)N(C)[C@H]2c2ccccc2F)cc1. The van der Waals surface area contributed by atoms with Crippen LogP contribution < -0.4 is 5.32 Å². The van der Waals surface area contributed by atoms with Crippen molar-refractivity contribution in [2.75, 3.05) is 12.4 Å². The molecule has 2 aromatic carbocycles. The zero-order chi connectivity index (χ0) is 18.0. The molecule has 1 fully saturated rings. The molecule has 1 aliphatic heterocycles. The molecule has 25 heavy (non-hydrogen) atoms. The van der Waals surface area contributed by atoms with Gasteiger partial charge in [-0.05, 0) is 31.5 Å². The van der Waals surface area contributed by atoms with Crippen molar-refractivity contribution in [3.8, 4) is 0 Å². The van der Waals surface area contributed by atoms with Gasteiger partial charge in [-0.2, -0.15) is 0 Å². The molecule has 1 heterocycles. The minimum atomic E-state index is -0.604. The van der Waals surface area contributed by atoms with Gasteiger partial charge in [-0.1, -0.05) is 35.9 Å². The van der Waals surface area contributed by atoms with E-state index >= 15 is 0 Å². The van der Waals surface area contributed by atoms with E-state index in [4.69, 9.17) is 0 Å². The van der Waals surface area contributed by atoms with Crippen LogP contribution in [0.25, 0.3) is 0 Å². The first kappa shape index (κ1) is 17.1. The van der Waals surface area contributed by atoms with E-state index in [0.29, 0.717) is 17.7 Å². The summed E-state index contributed by atoms with van der Waals surface area (Å²) in [6.45, 7) is 1.97. The Morgan fingerprint density at radius 1 is 1.16 bits per heavy atom. The highest BCUT2D eigenvalue weighted by Crippen LogP contribution is 2.37. The molecule has 1 saturated heterocycles. The average molecular weight is 340 g/mol. The molecule has 1 aliphatic rings. The van der Waals surface area contributed by atoms with Gasteiger partial charge < -0.3 is 10.2 Å². The summed E-state index contributed by atoms with van der Waals surface area (Å²) in [5, 5.41) is 2.89. The summed E-state index contributed by atoms with van der Waals surface area (Å²) in [6.07, 6.45) is 0.688. The molecule has 0 unspecified atom stereocenters. The molecule has 3 rings (SSSR count). The fourth-order valence-electron chi connectivity index (χ4n) is 3.32. The van der Waals surface area contributed by atoms with E-state index in [1.54, 1.807) is 25.2 Å². The fourth-order valence-corrected chi connectivity index (χ4v) is 3.32. The number of carbonyl (C=O) groups excluding carboxylic acids is 2. The van der Waals surface area contributed by atoms with Crippen LogP contribution >= 0.6 is 0 Å². The number of piperidine rings is 1. The molecule has 2 amide bonds. The van der Waals surface area contributed by atoms with Crippen LogP contribution in [0.1, 0.15) is 30.0 Å². The Bertz CT molecular complexity index is 789. The quantitative estimate of drug-likeness (QED) is 0.926. The van der Waals surface area contributed by atoms with Crippen LogP contribution in [0, 0.1) is 18.7 Å². The average Bonchev–Trinajstić information content (AvgIpc) is 2.60. The predicted molar refractivity (Wildman–Crippen MR) is 94.4 cm³/mol. The van der Waals surface area contributed by atoms with E-state index in [1.165, 1.54) is 11.0 Å². The summed E-state index contributed by atoms with van der Waals surface area (Å²) >= 11 is 0. The van der Waals surface area contributed by atoms with Gasteiger partial charge in [0.05, 0.1) is 12.0 Å². The van der Waals surface area contributed by atoms with Gasteiger partial charge in [0, 0.05) is 24.7 Å². The largest absolute Gasteiger partial charge is 0.338 e. The Morgan fingerprint density at radius 2 is 1.84 bits per heavy atom. The Labute approximate surface area is 146 Å². The summed E-state index contributed by atoms with van der Waals surface area (Å²) in [4.78, 5) is 26.4. The third kappa shape index (κ3) is 3.55. The third-order valence-electron chi connectivity index (χ3n) is 4.74. The van der Waals surface area contributed by atoms with Crippen molar-refractivity contribution >= 4 is 17.5 Å². The highest BCUT2D eigenvalue weighted by molar-refractivity contribution is 5.94. The predicted octanol–water partition coefficient (Wildman–Crippen LogP) is 3.68. The van der Waals surface area contributed by atoms with Crippen LogP contribution in [0.2, 0.25) is 0 Å². The number of nitrogens with one attached hydrogen (secondary N) is 1.